The summed E-state index contributed by atoms with van der Waals surface area (Å²) < 4.78 is 7.10. The highest BCUT2D eigenvalue weighted by Crippen LogP contribution is 2.30. The van der Waals surface area contributed by atoms with Crippen LogP contribution < -0.4 is 10.1 Å². The smallest absolute Gasteiger partial charge is 0.133 e. The Morgan fingerprint density at radius 3 is 2.58 bits per heavy atom. The average Bonchev–Trinajstić information content (AvgIpc) is 2.41. The van der Waals surface area contributed by atoms with E-state index >= 15 is 0 Å². The fourth-order valence-electron chi connectivity index (χ4n) is 1.69. The lowest BCUT2D eigenvalue weighted by molar-refractivity contribution is 0.473. The molecule has 4 heteroatoms. The summed E-state index contributed by atoms with van der Waals surface area (Å²) in [7, 11) is 0. The summed E-state index contributed by atoms with van der Waals surface area (Å²) in [5, 5.41) is 4.00. The van der Waals surface area contributed by atoms with Gasteiger partial charge in [-0.3, -0.25) is 0 Å². The Morgan fingerprint density at radius 2 is 1.89 bits per heavy atom. The number of nitrogens with one attached hydrogen (secondary N) is 1. The van der Waals surface area contributed by atoms with Crippen LogP contribution in [0, 0.1) is 3.57 Å². The van der Waals surface area contributed by atoms with Gasteiger partial charge in [0.05, 0.1) is 0 Å². The maximum absolute atomic E-state index is 6.24. The molecule has 0 fully saturated rings. The van der Waals surface area contributed by atoms with Crippen LogP contribution in [-0.4, -0.2) is 6.54 Å². The van der Waals surface area contributed by atoms with Crippen LogP contribution in [0.3, 0.4) is 0 Å². The van der Waals surface area contributed by atoms with E-state index in [0.29, 0.717) is 6.54 Å². The molecule has 0 saturated carbocycles. The molecule has 2 nitrogen and oxygen atoms in total. The zero-order chi connectivity index (χ0) is 13.7. The van der Waals surface area contributed by atoms with Crippen molar-refractivity contribution in [1.29, 1.82) is 0 Å². The molecule has 0 unspecified atom stereocenters. The summed E-state index contributed by atoms with van der Waals surface area (Å²) in [6.07, 6.45) is 0. The molecule has 100 valence electrons. The molecule has 0 aromatic heterocycles. The van der Waals surface area contributed by atoms with Gasteiger partial charge in [-0.05, 0) is 65.5 Å². The Balaban J connectivity index is 2.23. The monoisotopic (exact) mass is 387 g/mol. The van der Waals surface area contributed by atoms with Crippen LogP contribution in [0.4, 0.5) is 0 Å². The van der Waals surface area contributed by atoms with Crippen molar-refractivity contribution in [3.63, 3.8) is 0 Å². The molecule has 2 aromatic rings. The maximum atomic E-state index is 6.24. The molecule has 0 atom stereocenters. The first-order valence-corrected chi connectivity index (χ1v) is 7.58. The lowest BCUT2D eigenvalue weighted by Gasteiger charge is -2.13. The second-order valence-electron chi connectivity index (χ2n) is 4.05. The van der Waals surface area contributed by atoms with Crippen LogP contribution in [-0.2, 0) is 6.54 Å². The molecular weight excluding hydrogens is 373 g/mol. The average molecular weight is 388 g/mol. The van der Waals surface area contributed by atoms with Crippen molar-refractivity contribution in [3.05, 3.63) is 56.6 Å². The van der Waals surface area contributed by atoms with Crippen LogP contribution in [0.2, 0.25) is 5.02 Å². The highest BCUT2D eigenvalue weighted by Gasteiger charge is 2.08. The first-order chi connectivity index (χ1) is 9.20. The minimum atomic E-state index is 0.704. The predicted octanol–water partition coefficient (Wildman–Crippen LogP) is 4.85. The van der Waals surface area contributed by atoms with Gasteiger partial charge in [-0.15, -0.1) is 0 Å². The van der Waals surface area contributed by atoms with Gasteiger partial charge in [0.1, 0.15) is 11.5 Å². The summed E-state index contributed by atoms with van der Waals surface area (Å²) in [6.45, 7) is 3.67. The van der Waals surface area contributed by atoms with Gasteiger partial charge in [0.15, 0.2) is 0 Å². The maximum Gasteiger partial charge on any atom is 0.133 e. The Kier molecular flexibility index (Phi) is 5.48. The fraction of sp³-hybridized carbons (Fsp3) is 0.200. The van der Waals surface area contributed by atoms with Gasteiger partial charge >= 0.3 is 0 Å². The first-order valence-electron chi connectivity index (χ1n) is 6.12. The van der Waals surface area contributed by atoms with Gasteiger partial charge in [0.25, 0.3) is 0 Å². The van der Waals surface area contributed by atoms with E-state index in [4.69, 9.17) is 16.3 Å². The Labute approximate surface area is 132 Å². The molecule has 0 aliphatic heterocycles. The molecule has 19 heavy (non-hydrogen) atoms. The third-order valence-electron chi connectivity index (χ3n) is 2.67. The predicted molar refractivity (Wildman–Crippen MR) is 88.1 cm³/mol. The first kappa shape index (κ1) is 14.6. The molecular formula is C15H15ClINO. The van der Waals surface area contributed by atoms with E-state index in [1.807, 2.05) is 42.5 Å². The molecule has 0 heterocycles. The van der Waals surface area contributed by atoms with Gasteiger partial charge in [-0.2, -0.15) is 0 Å². The molecule has 0 bridgehead atoms. The van der Waals surface area contributed by atoms with Crippen LogP contribution in [0.15, 0.2) is 42.5 Å². The Bertz CT molecular complexity index is 542. The quantitative estimate of drug-likeness (QED) is 0.741. The number of benzene rings is 2. The molecule has 0 aliphatic rings. The third kappa shape index (κ3) is 4.09. The van der Waals surface area contributed by atoms with Crippen molar-refractivity contribution in [2.24, 2.45) is 0 Å². The molecule has 1 N–H and O–H groups in total. The van der Waals surface area contributed by atoms with Crippen molar-refractivity contribution < 1.29 is 4.74 Å². The van der Waals surface area contributed by atoms with E-state index in [9.17, 15) is 0 Å². The van der Waals surface area contributed by atoms with E-state index in [2.05, 4.69) is 34.8 Å². The summed E-state index contributed by atoms with van der Waals surface area (Å²) in [5.74, 6) is 1.62. The highest BCUT2D eigenvalue weighted by atomic mass is 127. The minimum absolute atomic E-state index is 0.704. The number of hydrogen-bond acceptors (Lipinski definition) is 2. The topological polar surface area (TPSA) is 21.3 Å². The van der Waals surface area contributed by atoms with Crippen molar-refractivity contribution in [2.75, 3.05) is 6.54 Å². The lowest BCUT2D eigenvalue weighted by Crippen LogP contribution is -2.12. The van der Waals surface area contributed by atoms with Crippen molar-refractivity contribution in [2.45, 2.75) is 13.5 Å². The molecule has 2 aromatic carbocycles. The molecule has 0 radical (unpaired) electrons. The van der Waals surface area contributed by atoms with Crippen LogP contribution in [0.25, 0.3) is 0 Å². The molecule has 0 spiro atoms. The van der Waals surface area contributed by atoms with Crippen molar-refractivity contribution in [1.82, 2.24) is 5.32 Å². The Hall–Kier alpha value is -0.780. The second-order valence-corrected chi connectivity index (χ2v) is 5.71. The summed E-state index contributed by atoms with van der Waals surface area (Å²) in [5.41, 5.74) is 0.990. The molecule has 2 rings (SSSR count). The number of hydrogen-bond donors (Lipinski definition) is 1. The van der Waals surface area contributed by atoms with E-state index in [1.54, 1.807) is 0 Å². The van der Waals surface area contributed by atoms with Crippen LogP contribution in [0.1, 0.15) is 12.5 Å². The fourth-order valence-corrected chi connectivity index (χ4v) is 2.28. The summed E-state index contributed by atoms with van der Waals surface area (Å²) >= 11 is 8.51. The van der Waals surface area contributed by atoms with E-state index in [1.165, 1.54) is 3.57 Å². The van der Waals surface area contributed by atoms with Gasteiger partial charge in [-0.25, -0.2) is 0 Å². The molecule has 0 aliphatic carbocycles. The van der Waals surface area contributed by atoms with E-state index < -0.39 is 0 Å². The molecule has 0 saturated heterocycles. The minimum Gasteiger partial charge on any atom is -0.457 e. The third-order valence-corrected chi connectivity index (χ3v) is 3.74. The SMILES string of the molecule is CCNCc1c(Cl)cccc1Oc1ccc(I)cc1. The van der Waals surface area contributed by atoms with E-state index in [0.717, 1.165) is 28.6 Å². The van der Waals surface area contributed by atoms with Crippen molar-refractivity contribution >= 4 is 34.2 Å². The number of halogens is 2. The molecule has 0 amide bonds. The van der Waals surface area contributed by atoms with Crippen LogP contribution >= 0.6 is 34.2 Å². The lowest BCUT2D eigenvalue weighted by atomic mass is 10.2. The van der Waals surface area contributed by atoms with Gasteiger partial charge in [0.2, 0.25) is 0 Å². The summed E-state index contributed by atoms with van der Waals surface area (Å²) in [4.78, 5) is 0. The van der Waals surface area contributed by atoms with Gasteiger partial charge in [-0.1, -0.05) is 24.6 Å². The number of rotatable bonds is 5. The second kappa shape index (κ2) is 7.12. The van der Waals surface area contributed by atoms with Crippen LogP contribution in [0.5, 0.6) is 11.5 Å². The summed E-state index contributed by atoms with van der Waals surface area (Å²) in [6, 6.07) is 13.7. The zero-order valence-electron chi connectivity index (χ0n) is 10.6. The zero-order valence-corrected chi connectivity index (χ0v) is 13.5. The Morgan fingerprint density at radius 1 is 1.16 bits per heavy atom. The number of ether oxygens (including phenoxy) is 1. The van der Waals surface area contributed by atoms with Gasteiger partial charge in [0, 0.05) is 20.7 Å². The standard InChI is InChI=1S/C15H15ClINO/c1-2-18-10-13-14(16)4-3-5-15(13)19-12-8-6-11(17)7-9-12/h3-9,18H,2,10H2,1H3. The largest absolute Gasteiger partial charge is 0.457 e. The normalized spacial score (nSPS) is 10.5. The van der Waals surface area contributed by atoms with Crippen molar-refractivity contribution in [3.8, 4) is 11.5 Å². The van der Waals surface area contributed by atoms with Gasteiger partial charge < -0.3 is 10.1 Å². The highest BCUT2D eigenvalue weighted by molar-refractivity contribution is 14.1. The van der Waals surface area contributed by atoms with E-state index in [-0.39, 0.29) is 0 Å².